The van der Waals surface area contributed by atoms with Crippen molar-refractivity contribution < 1.29 is 20.1 Å². The lowest BCUT2D eigenvalue weighted by Crippen LogP contribution is -2.07. The summed E-state index contributed by atoms with van der Waals surface area (Å²) in [4.78, 5) is 9.65. The second kappa shape index (κ2) is 8.39. The number of carboxylic acids is 1. The molecule has 4 heteroatoms. The summed E-state index contributed by atoms with van der Waals surface area (Å²) >= 11 is 0. The summed E-state index contributed by atoms with van der Waals surface area (Å²) in [7, 11) is 0. The Hall–Kier alpha value is -0.610. The Morgan fingerprint density at radius 1 is 1.60 bits per heavy atom. The SMILES string of the molecule is CC(O)CC(=O)O.CCO. The van der Waals surface area contributed by atoms with Gasteiger partial charge in [-0.1, -0.05) is 0 Å². The highest BCUT2D eigenvalue weighted by Gasteiger charge is 2.00. The van der Waals surface area contributed by atoms with Crippen molar-refractivity contribution in [2.24, 2.45) is 0 Å². The second-order valence-electron chi connectivity index (χ2n) is 1.76. The smallest absolute Gasteiger partial charge is 0.305 e. The lowest BCUT2D eigenvalue weighted by atomic mass is 10.3. The average Bonchev–Trinajstić information content (AvgIpc) is 1.62. The van der Waals surface area contributed by atoms with E-state index in [4.69, 9.17) is 15.3 Å². The Balaban J connectivity index is 0. The van der Waals surface area contributed by atoms with Gasteiger partial charge in [-0.05, 0) is 13.8 Å². The number of aliphatic carboxylic acids is 1. The molecule has 4 nitrogen and oxygen atoms in total. The molecule has 10 heavy (non-hydrogen) atoms. The molecule has 0 spiro atoms. The molecule has 0 aliphatic heterocycles. The van der Waals surface area contributed by atoms with Gasteiger partial charge in [0.2, 0.25) is 0 Å². The minimum atomic E-state index is -0.963. The van der Waals surface area contributed by atoms with Gasteiger partial charge in [0.15, 0.2) is 0 Å². The van der Waals surface area contributed by atoms with Crippen molar-refractivity contribution in [3.05, 3.63) is 0 Å². The highest BCUT2D eigenvalue weighted by Crippen LogP contribution is 1.85. The van der Waals surface area contributed by atoms with Gasteiger partial charge < -0.3 is 15.3 Å². The van der Waals surface area contributed by atoms with E-state index in [0.717, 1.165) is 0 Å². The Morgan fingerprint density at radius 2 is 1.90 bits per heavy atom. The third-order valence-electron chi connectivity index (χ3n) is 0.470. The number of aliphatic hydroxyl groups is 2. The van der Waals surface area contributed by atoms with E-state index < -0.39 is 12.1 Å². The van der Waals surface area contributed by atoms with Crippen LogP contribution in [0, 0.1) is 0 Å². The highest BCUT2D eigenvalue weighted by atomic mass is 16.4. The summed E-state index contributed by atoms with van der Waals surface area (Å²) in [5.41, 5.74) is 0. The lowest BCUT2D eigenvalue weighted by molar-refractivity contribution is -0.138. The molecule has 1 unspecified atom stereocenters. The first kappa shape index (κ1) is 12.1. The first-order chi connectivity index (χ1) is 4.54. The average molecular weight is 150 g/mol. The quantitative estimate of drug-likeness (QED) is 0.511. The Kier molecular flexibility index (Phi) is 10.2. The summed E-state index contributed by atoms with van der Waals surface area (Å²) in [5.74, 6) is -0.963. The molecule has 0 aliphatic carbocycles. The molecule has 3 N–H and O–H groups in total. The van der Waals surface area contributed by atoms with Gasteiger partial charge in [0.25, 0.3) is 0 Å². The first-order valence-electron chi connectivity index (χ1n) is 3.05. The number of carbonyl (C=O) groups is 1. The predicted octanol–water partition coefficient (Wildman–Crippen LogP) is -0.160. The zero-order valence-electron chi connectivity index (χ0n) is 6.24. The van der Waals surface area contributed by atoms with Crippen molar-refractivity contribution in [1.29, 1.82) is 0 Å². The van der Waals surface area contributed by atoms with Gasteiger partial charge in [-0.15, -0.1) is 0 Å². The maximum Gasteiger partial charge on any atom is 0.305 e. The van der Waals surface area contributed by atoms with Gasteiger partial charge in [-0.2, -0.15) is 0 Å². The normalized spacial score (nSPS) is 11.2. The molecular weight excluding hydrogens is 136 g/mol. The molecule has 0 heterocycles. The number of hydrogen-bond acceptors (Lipinski definition) is 3. The molecule has 0 aliphatic rings. The Labute approximate surface area is 60.1 Å². The Bertz CT molecular complexity index is 79.8. The molecule has 0 saturated heterocycles. The van der Waals surface area contributed by atoms with Crippen LogP contribution in [0.1, 0.15) is 20.3 Å². The fraction of sp³-hybridized carbons (Fsp3) is 0.833. The molecule has 0 aromatic carbocycles. The standard InChI is InChI=1S/C4H8O3.C2H6O/c1-3(5)2-4(6)7;1-2-3/h3,5H,2H2,1H3,(H,6,7);3H,2H2,1H3. The van der Waals surface area contributed by atoms with E-state index in [2.05, 4.69) is 0 Å². The van der Waals surface area contributed by atoms with Crippen LogP contribution >= 0.6 is 0 Å². The lowest BCUT2D eigenvalue weighted by Gasteiger charge is -1.94. The van der Waals surface area contributed by atoms with Crippen LogP contribution in [0.15, 0.2) is 0 Å². The van der Waals surface area contributed by atoms with Crippen LogP contribution < -0.4 is 0 Å². The maximum atomic E-state index is 9.65. The molecule has 0 radical (unpaired) electrons. The fourth-order valence-corrected chi connectivity index (χ4v) is 0.253. The van der Waals surface area contributed by atoms with Crippen LogP contribution in [0.4, 0.5) is 0 Å². The van der Waals surface area contributed by atoms with Crippen LogP contribution in [0.3, 0.4) is 0 Å². The van der Waals surface area contributed by atoms with Gasteiger partial charge in [0.05, 0.1) is 12.5 Å². The fourth-order valence-electron chi connectivity index (χ4n) is 0.253. The summed E-state index contributed by atoms with van der Waals surface area (Å²) in [6.45, 7) is 3.37. The minimum absolute atomic E-state index is 0.167. The summed E-state index contributed by atoms with van der Waals surface area (Å²) in [6, 6.07) is 0. The molecule has 0 aromatic rings. The van der Waals surface area contributed by atoms with Gasteiger partial charge in [0.1, 0.15) is 0 Å². The van der Waals surface area contributed by atoms with E-state index in [9.17, 15) is 4.79 Å². The third kappa shape index (κ3) is 26.3. The van der Waals surface area contributed by atoms with Crippen molar-refractivity contribution in [1.82, 2.24) is 0 Å². The number of carboxylic acid groups (broad SMARTS) is 1. The molecule has 0 aromatic heterocycles. The van der Waals surface area contributed by atoms with Crippen molar-refractivity contribution >= 4 is 5.97 Å². The molecule has 62 valence electrons. The first-order valence-corrected chi connectivity index (χ1v) is 3.05. The third-order valence-corrected chi connectivity index (χ3v) is 0.470. The van der Waals surface area contributed by atoms with Gasteiger partial charge >= 0.3 is 5.97 Å². The van der Waals surface area contributed by atoms with Crippen LogP contribution in [-0.4, -0.2) is 34.0 Å². The van der Waals surface area contributed by atoms with Crippen LogP contribution in [0.25, 0.3) is 0 Å². The molecule has 0 saturated carbocycles. The van der Waals surface area contributed by atoms with E-state index in [1.807, 2.05) is 0 Å². The zero-order chi connectivity index (χ0) is 8.57. The van der Waals surface area contributed by atoms with E-state index in [1.165, 1.54) is 6.92 Å². The van der Waals surface area contributed by atoms with Crippen molar-refractivity contribution in [2.75, 3.05) is 6.61 Å². The maximum absolute atomic E-state index is 9.65. The topological polar surface area (TPSA) is 77.8 Å². The highest BCUT2D eigenvalue weighted by molar-refractivity contribution is 5.67. The van der Waals surface area contributed by atoms with Crippen molar-refractivity contribution in [3.8, 4) is 0 Å². The van der Waals surface area contributed by atoms with Crippen molar-refractivity contribution in [2.45, 2.75) is 26.4 Å². The van der Waals surface area contributed by atoms with Crippen LogP contribution in [0.5, 0.6) is 0 Å². The zero-order valence-corrected chi connectivity index (χ0v) is 6.24. The van der Waals surface area contributed by atoms with Crippen LogP contribution in [0.2, 0.25) is 0 Å². The minimum Gasteiger partial charge on any atom is -0.481 e. The summed E-state index contributed by atoms with van der Waals surface area (Å²) in [6.07, 6.45) is -0.891. The monoisotopic (exact) mass is 150 g/mol. The van der Waals surface area contributed by atoms with Gasteiger partial charge in [-0.25, -0.2) is 0 Å². The van der Waals surface area contributed by atoms with E-state index in [-0.39, 0.29) is 13.0 Å². The van der Waals surface area contributed by atoms with E-state index in [1.54, 1.807) is 6.92 Å². The summed E-state index contributed by atoms with van der Waals surface area (Å²) in [5, 5.41) is 23.8. The summed E-state index contributed by atoms with van der Waals surface area (Å²) < 4.78 is 0. The van der Waals surface area contributed by atoms with Gasteiger partial charge in [0, 0.05) is 6.61 Å². The largest absolute Gasteiger partial charge is 0.481 e. The van der Waals surface area contributed by atoms with E-state index >= 15 is 0 Å². The second-order valence-corrected chi connectivity index (χ2v) is 1.76. The van der Waals surface area contributed by atoms with Crippen molar-refractivity contribution in [3.63, 3.8) is 0 Å². The molecule has 0 fully saturated rings. The van der Waals surface area contributed by atoms with Crippen LogP contribution in [-0.2, 0) is 4.79 Å². The van der Waals surface area contributed by atoms with Gasteiger partial charge in [-0.3, -0.25) is 4.79 Å². The van der Waals surface area contributed by atoms with E-state index in [0.29, 0.717) is 0 Å². The molecule has 0 bridgehead atoms. The molecule has 0 amide bonds. The Morgan fingerprint density at radius 3 is 1.90 bits per heavy atom. The molecule has 1 atom stereocenters. The molecule has 0 rings (SSSR count). The molecular formula is C6H14O4. The number of hydrogen-bond donors (Lipinski definition) is 3. The predicted molar refractivity (Wildman–Crippen MR) is 36.7 cm³/mol. The number of aliphatic hydroxyl groups excluding tert-OH is 2. The number of rotatable bonds is 2.